The predicted octanol–water partition coefficient (Wildman–Crippen LogP) is 1.74. The Morgan fingerprint density at radius 1 is 1.19 bits per heavy atom. The number of rotatable bonds is 4. The highest BCUT2D eigenvalue weighted by molar-refractivity contribution is 5.77. The molecule has 7 nitrogen and oxygen atoms in total. The molecule has 2 aromatic heterocycles. The van der Waals surface area contributed by atoms with Gasteiger partial charge in [-0.25, -0.2) is 9.50 Å². The van der Waals surface area contributed by atoms with Crippen molar-refractivity contribution in [1.82, 2.24) is 29.4 Å². The number of amides is 1. The van der Waals surface area contributed by atoms with Crippen molar-refractivity contribution in [3.8, 4) is 0 Å². The zero-order valence-electron chi connectivity index (χ0n) is 15.2. The molecule has 26 heavy (non-hydrogen) atoms. The monoisotopic (exact) mass is 354 g/mol. The number of fused-ring (bicyclic) bond motifs is 1. The van der Waals surface area contributed by atoms with Crippen LogP contribution in [-0.2, 0) is 11.3 Å². The standard InChI is InChI=1S/C19H26N6O/c26-17-4-5-19(14-24(17)12-15-2-3-15)6-10-23(11-7-19)13-16-21-18-20-8-1-9-25(18)22-16/h1,8-9,15H,2-7,10-14H2. The van der Waals surface area contributed by atoms with E-state index in [0.717, 1.165) is 57.3 Å². The van der Waals surface area contributed by atoms with Crippen LogP contribution >= 0.6 is 0 Å². The third-order valence-electron chi connectivity index (χ3n) is 6.37. The van der Waals surface area contributed by atoms with Gasteiger partial charge in [-0.05, 0) is 62.6 Å². The van der Waals surface area contributed by atoms with E-state index in [0.29, 0.717) is 17.1 Å². The fourth-order valence-electron chi connectivity index (χ4n) is 4.52. The fourth-order valence-corrected chi connectivity index (χ4v) is 4.52. The van der Waals surface area contributed by atoms with Crippen LogP contribution in [0.1, 0.15) is 44.3 Å². The molecule has 1 amide bonds. The molecule has 0 atom stereocenters. The van der Waals surface area contributed by atoms with Gasteiger partial charge in [-0.3, -0.25) is 9.69 Å². The van der Waals surface area contributed by atoms with Gasteiger partial charge >= 0.3 is 0 Å². The molecular weight excluding hydrogens is 328 g/mol. The molecule has 0 aromatic carbocycles. The van der Waals surface area contributed by atoms with E-state index >= 15 is 0 Å². The van der Waals surface area contributed by atoms with Crippen LogP contribution in [0.3, 0.4) is 0 Å². The molecule has 3 aliphatic rings. The van der Waals surface area contributed by atoms with Crippen LogP contribution < -0.4 is 0 Å². The smallest absolute Gasteiger partial charge is 0.252 e. The Kier molecular flexibility index (Phi) is 3.92. The van der Waals surface area contributed by atoms with Crippen LogP contribution in [0.4, 0.5) is 0 Å². The zero-order valence-corrected chi connectivity index (χ0v) is 15.2. The predicted molar refractivity (Wildman–Crippen MR) is 96.3 cm³/mol. The number of carbonyl (C=O) groups excluding carboxylic acids is 1. The Bertz CT molecular complexity index is 772. The Balaban J connectivity index is 1.20. The molecule has 2 aromatic rings. The average molecular weight is 354 g/mol. The average Bonchev–Trinajstić information content (AvgIpc) is 3.37. The molecule has 0 radical (unpaired) electrons. The van der Waals surface area contributed by atoms with Crippen molar-refractivity contribution in [2.45, 2.75) is 45.1 Å². The fraction of sp³-hybridized carbons (Fsp3) is 0.684. The van der Waals surface area contributed by atoms with Gasteiger partial charge in [-0.1, -0.05) is 0 Å². The van der Waals surface area contributed by atoms with Crippen LogP contribution in [0, 0.1) is 11.3 Å². The summed E-state index contributed by atoms with van der Waals surface area (Å²) in [7, 11) is 0. The number of nitrogens with zero attached hydrogens (tertiary/aromatic N) is 6. The van der Waals surface area contributed by atoms with Crippen LogP contribution in [0.2, 0.25) is 0 Å². The summed E-state index contributed by atoms with van der Waals surface area (Å²) in [6, 6.07) is 1.87. The second-order valence-electron chi connectivity index (χ2n) is 8.39. The van der Waals surface area contributed by atoms with Crippen molar-refractivity contribution < 1.29 is 4.79 Å². The SMILES string of the molecule is O=C1CCC2(CCN(Cc3nc4ncccn4n3)CC2)CN1CC1CC1. The summed E-state index contributed by atoms with van der Waals surface area (Å²) in [5.74, 6) is 2.67. The van der Waals surface area contributed by atoms with Crippen LogP contribution in [0.15, 0.2) is 18.5 Å². The minimum Gasteiger partial charge on any atom is -0.342 e. The molecule has 1 spiro atoms. The lowest BCUT2D eigenvalue weighted by molar-refractivity contribution is -0.139. The summed E-state index contributed by atoms with van der Waals surface area (Å²) in [4.78, 5) is 25.6. The van der Waals surface area contributed by atoms with Gasteiger partial charge in [-0.2, -0.15) is 4.98 Å². The van der Waals surface area contributed by atoms with E-state index in [1.807, 2.05) is 12.3 Å². The third-order valence-corrected chi connectivity index (χ3v) is 6.37. The van der Waals surface area contributed by atoms with Gasteiger partial charge in [0.15, 0.2) is 5.82 Å². The summed E-state index contributed by atoms with van der Waals surface area (Å²) in [5.41, 5.74) is 0.340. The summed E-state index contributed by atoms with van der Waals surface area (Å²) in [6.07, 6.45) is 10.4. The van der Waals surface area contributed by atoms with Crippen molar-refractivity contribution in [2.24, 2.45) is 11.3 Å². The summed E-state index contributed by atoms with van der Waals surface area (Å²) in [6.45, 7) is 4.89. The van der Waals surface area contributed by atoms with Crippen LogP contribution in [0.25, 0.3) is 5.78 Å². The van der Waals surface area contributed by atoms with Gasteiger partial charge in [0.2, 0.25) is 5.91 Å². The number of likely N-dealkylation sites (tertiary alicyclic amines) is 2. The molecule has 0 unspecified atom stereocenters. The topological polar surface area (TPSA) is 66.6 Å². The van der Waals surface area contributed by atoms with E-state index in [-0.39, 0.29) is 0 Å². The number of hydrogen-bond donors (Lipinski definition) is 0. The van der Waals surface area contributed by atoms with E-state index in [9.17, 15) is 4.79 Å². The van der Waals surface area contributed by atoms with Crippen molar-refractivity contribution in [3.05, 3.63) is 24.3 Å². The van der Waals surface area contributed by atoms with Gasteiger partial charge in [0, 0.05) is 31.9 Å². The van der Waals surface area contributed by atoms with Crippen molar-refractivity contribution in [3.63, 3.8) is 0 Å². The zero-order chi connectivity index (χ0) is 17.6. The number of carbonyl (C=O) groups is 1. The lowest BCUT2D eigenvalue weighted by Gasteiger charge is -2.47. The second-order valence-corrected chi connectivity index (χ2v) is 8.39. The van der Waals surface area contributed by atoms with Crippen molar-refractivity contribution in [1.29, 1.82) is 0 Å². The molecule has 0 bridgehead atoms. The lowest BCUT2D eigenvalue weighted by Crippen LogP contribution is -2.51. The largest absolute Gasteiger partial charge is 0.342 e. The van der Waals surface area contributed by atoms with Crippen molar-refractivity contribution in [2.75, 3.05) is 26.2 Å². The van der Waals surface area contributed by atoms with Crippen molar-refractivity contribution >= 4 is 11.7 Å². The molecule has 3 fully saturated rings. The quantitative estimate of drug-likeness (QED) is 0.837. The molecule has 2 saturated heterocycles. The van der Waals surface area contributed by atoms with Crippen LogP contribution in [0.5, 0.6) is 0 Å². The molecule has 2 aliphatic heterocycles. The van der Waals surface area contributed by atoms with E-state index in [1.54, 1.807) is 10.7 Å². The van der Waals surface area contributed by atoms with E-state index in [4.69, 9.17) is 0 Å². The normalized spacial score (nSPS) is 23.8. The summed E-state index contributed by atoms with van der Waals surface area (Å²) >= 11 is 0. The maximum absolute atomic E-state index is 12.3. The minimum atomic E-state index is 0.340. The first-order chi connectivity index (χ1) is 12.7. The van der Waals surface area contributed by atoms with E-state index in [1.165, 1.54) is 25.7 Å². The second kappa shape index (κ2) is 6.30. The lowest BCUT2D eigenvalue weighted by atomic mass is 9.72. The molecule has 0 N–H and O–H groups in total. The van der Waals surface area contributed by atoms with E-state index in [2.05, 4.69) is 24.9 Å². The van der Waals surface area contributed by atoms with Gasteiger partial charge in [0.1, 0.15) is 0 Å². The van der Waals surface area contributed by atoms with E-state index < -0.39 is 0 Å². The molecular formula is C19H26N6O. The maximum Gasteiger partial charge on any atom is 0.252 e. The Hall–Kier alpha value is -2.02. The molecule has 1 saturated carbocycles. The Morgan fingerprint density at radius 3 is 2.81 bits per heavy atom. The highest BCUT2D eigenvalue weighted by Gasteiger charge is 2.42. The first-order valence-corrected chi connectivity index (χ1v) is 9.86. The third kappa shape index (κ3) is 3.20. The highest BCUT2D eigenvalue weighted by Crippen LogP contribution is 2.41. The van der Waals surface area contributed by atoms with Gasteiger partial charge in [0.05, 0.1) is 6.54 Å². The molecule has 7 heteroatoms. The molecule has 138 valence electrons. The summed E-state index contributed by atoms with van der Waals surface area (Å²) in [5, 5.41) is 4.52. The first-order valence-electron chi connectivity index (χ1n) is 9.86. The van der Waals surface area contributed by atoms with Crippen LogP contribution in [-0.4, -0.2) is 61.5 Å². The van der Waals surface area contributed by atoms with Gasteiger partial charge in [-0.15, -0.1) is 5.10 Å². The maximum atomic E-state index is 12.3. The van der Waals surface area contributed by atoms with Gasteiger partial charge < -0.3 is 4.90 Å². The number of hydrogen-bond acceptors (Lipinski definition) is 5. The Morgan fingerprint density at radius 2 is 2.04 bits per heavy atom. The summed E-state index contributed by atoms with van der Waals surface area (Å²) < 4.78 is 1.74. The molecule has 1 aliphatic carbocycles. The number of aromatic nitrogens is 4. The first kappa shape index (κ1) is 16.2. The highest BCUT2D eigenvalue weighted by atomic mass is 16.2. The minimum absolute atomic E-state index is 0.340. The van der Waals surface area contributed by atoms with Gasteiger partial charge in [0.25, 0.3) is 5.78 Å². The number of piperidine rings is 2. The molecule has 4 heterocycles. The Labute approximate surface area is 153 Å². The molecule has 5 rings (SSSR count).